The van der Waals surface area contributed by atoms with Crippen LogP contribution >= 0.6 is 11.8 Å². The SMILES string of the molecule is Cn1cnnc1Sc1ccc(C(=O)NCC(C)(C)c2ccccc2F)cc1[N+](=O)[O-]. The molecule has 0 saturated heterocycles. The Kier molecular flexibility index (Phi) is 6.16. The lowest BCUT2D eigenvalue weighted by Crippen LogP contribution is -2.37. The highest BCUT2D eigenvalue weighted by Gasteiger charge is 2.26. The lowest BCUT2D eigenvalue weighted by molar-refractivity contribution is -0.387. The summed E-state index contributed by atoms with van der Waals surface area (Å²) in [5.41, 5.74) is -0.238. The fourth-order valence-corrected chi connectivity index (χ4v) is 3.71. The van der Waals surface area contributed by atoms with Gasteiger partial charge in [0.05, 0.1) is 9.82 Å². The molecule has 156 valence electrons. The molecule has 3 aromatic rings. The van der Waals surface area contributed by atoms with Gasteiger partial charge in [0, 0.05) is 30.6 Å². The molecule has 1 heterocycles. The van der Waals surface area contributed by atoms with E-state index in [1.165, 1.54) is 30.6 Å². The Labute approximate surface area is 176 Å². The molecule has 0 bridgehead atoms. The number of carbonyl (C=O) groups is 1. The van der Waals surface area contributed by atoms with Crippen LogP contribution in [-0.2, 0) is 12.5 Å². The van der Waals surface area contributed by atoms with Crippen LogP contribution in [0.4, 0.5) is 10.1 Å². The smallest absolute Gasteiger partial charge is 0.284 e. The van der Waals surface area contributed by atoms with Crippen LogP contribution in [-0.4, -0.2) is 32.1 Å². The predicted molar refractivity (Wildman–Crippen MR) is 110 cm³/mol. The molecule has 0 aliphatic heterocycles. The third-order valence-electron chi connectivity index (χ3n) is 4.58. The molecule has 1 N–H and O–H groups in total. The zero-order valence-corrected chi connectivity index (χ0v) is 17.4. The summed E-state index contributed by atoms with van der Waals surface area (Å²) in [6.45, 7) is 3.79. The highest BCUT2D eigenvalue weighted by molar-refractivity contribution is 7.99. The van der Waals surface area contributed by atoms with E-state index in [2.05, 4.69) is 15.5 Å². The van der Waals surface area contributed by atoms with Crippen molar-refractivity contribution >= 4 is 23.4 Å². The van der Waals surface area contributed by atoms with Crippen molar-refractivity contribution < 1.29 is 14.1 Å². The van der Waals surface area contributed by atoms with E-state index < -0.39 is 16.2 Å². The number of nitro benzene ring substituents is 1. The minimum Gasteiger partial charge on any atom is -0.351 e. The normalized spacial score (nSPS) is 11.3. The Balaban J connectivity index is 1.77. The molecule has 0 aliphatic rings. The second kappa shape index (κ2) is 8.62. The Morgan fingerprint density at radius 3 is 2.67 bits per heavy atom. The van der Waals surface area contributed by atoms with Crippen molar-refractivity contribution in [3.63, 3.8) is 0 Å². The maximum Gasteiger partial charge on any atom is 0.284 e. The van der Waals surface area contributed by atoms with E-state index in [4.69, 9.17) is 0 Å². The quantitative estimate of drug-likeness (QED) is 0.454. The summed E-state index contributed by atoms with van der Waals surface area (Å²) >= 11 is 1.09. The fourth-order valence-electron chi connectivity index (χ4n) is 2.86. The average molecular weight is 429 g/mol. The van der Waals surface area contributed by atoms with Gasteiger partial charge in [-0.2, -0.15) is 0 Å². The van der Waals surface area contributed by atoms with E-state index in [0.29, 0.717) is 15.6 Å². The number of aryl methyl sites for hydroxylation is 1. The number of carbonyl (C=O) groups excluding carboxylic acids is 1. The zero-order chi connectivity index (χ0) is 21.9. The molecule has 3 rings (SSSR count). The van der Waals surface area contributed by atoms with E-state index in [1.54, 1.807) is 29.8 Å². The van der Waals surface area contributed by atoms with Gasteiger partial charge in [-0.05, 0) is 35.5 Å². The minimum atomic E-state index is -0.659. The molecule has 0 unspecified atom stereocenters. The molecular weight excluding hydrogens is 409 g/mol. The fraction of sp³-hybridized carbons (Fsp3) is 0.250. The maximum atomic E-state index is 14.1. The van der Waals surface area contributed by atoms with Gasteiger partial charge in [-0.3, -0.25) is 14.9 Å². The number of nitrogens with one attached hydrogen (secondary N) is 1. The Hall–Kier alpha value is -3.27. The maximum absolute atomic E-state index is 14.1. The Morgan fingerprint density at radius 2 is 2.03 bits per heavy atom. The van der Waals surface area contributed by atoms with Crippen molar-refractivity contribution in [1.82, 2.24) is 20.1 Å². The first kappa shape index (κ1) is 21.4. The summed E-state index contributed by atoms with van der Waals surface area (Å²) in [5.74, 6) is -0.824. The zero-order valence-electron chi connectivity index (χ0n) is 16.6. The average Bonchev–Trinajstić information content (AvgIpc) is 3.11. The van der Waals surface area contributed by atoms with Crippen LogP contribution in [0.1, 0.15) is 29.8 Å². The van der Waals surface area contributed by atoms with Crippen LogP contribution in [0.2, 0.25) is 0 Å². The van der Waals surface area contributed by atoms with Crippen LogP contribution in [0.5, 0.6) is 0 Å². The molecule has 0 spiro atoms. The molecule has 30 heavy (non-hydrogen) atoms. The summed E-state index contributed by atoms with van der Waals surface area (Å²) in [4.78, 5) is 23.9. The minimum absolute atomic E-state index is 0.147. The van der Waals surface area contributed by atoms with Crippen molar-refractivity contribution in [3.05, 3.63) is 75.9 Å². The summed E-state index contributed by atoms with van der Waals surface area (Å²) in [5, 5.41) is 22.4. The molecular formula is C20H20FN5O3S. The number of halogens is 1. The first-order valence-corrected chi connectivity index (χ1v) is 9.84. The van der Waals surface area contributed by atoms with Gasteiger partial charge in [0.25, 0.3) is 11.6 Å². The molecule has 10 heteroatoms. The highest BCUT2D eigenvalue weighted by atomic mass is 32.2. The second-order valence-electron chi connectivity index (χ2n) is 7.31. The standard InChI is InChI=1S/C20H20FN5O3S/c1-20(2,14-6-4-5-7-15(14)21)11-22-18(27)13-8-9-17(16(10-13)26(28)29)30-19-24-23-12-25(19)3/h4-10,12H,11H2,1-3H3,(H,22,27). The first-order valence-electron chi connectivity index (χ1n) is 9.02. The molecule has 2 aromatic carbocycles. The molecule has 0 atom stereocenters. The predicted octanol–water partition coefficient (Wildman–Crippen LogP) is 3.72. The third kappa shape index (κ3) is 4.65. The number of hydrogen-bond acceptors (Lipinski definition) is 6. The van der Waals surface area contributed by atoms with E-state index in [9.17, 15) is 19.3 Å². The largest absolute Gasteiger partial charge is 0.351 e. The van der Waals surface area contributed by atoms with Crippen molar-refractivity contribution in [2.75, 3.05) is 6.54 Å². The summed E-state index contributed by atoms with van der Waals surface area (Å²) < 4.78 is 15.7. The number of rotatable bonds is 7. The monoisotopic (exact) mass is 429 g/mol. The summed E-state index contributed by atoms with van der Waals surface area (Å²) in [6, 6.07) is 10.6. The third-order valence-corrected chi connectivity index (χ3v) is 5.70. The van der Waals surface area contributed by atoms with Crippen molar-refractivity contribution in [1.29, 1.82) is 0 Å². The first-order chi connectivity index (χ1) is 14.2. The van der Waals surface area contributed by atoms with Crippen LogP contribution in [0.3, 0.4) is 0 Å². The van der Waals surface area contributed by atoms with Crippen LogP contribution < -0.4 is 5.32 Å². The van der Waals surface area contributed by atoms with E-state index in [0.717, 1.165) is 11.8 Å². The molecule has 0 aliphatic carbocycles. The van der Waals surface area contributed by atoms with Crippen molar-refractivity contribution in [2.24, 2.45) is 7.05 Å². The van der Waals surface area contributed by atoms with Gasteiger partial charge in [0.1, 0.15) is 12.1 Å². The van der Waals surface area contributed by atoms with Gasteiger partial charge in [-0.25, -0.2) is 4.39 Å². The lowest BCUT2D eigenvalue weighted by atomic mass is 9.84. The second-order valence-corrected chi connectivity index (χ2v) is 8.32. The van der Waals surface area contributed by atoms with Gasteiger partial charge in [0.2, 0.25) is 0 Å². The van der Waals surface area contributed by atoms with Gasteiger partial charge in [-0.1, -0.05) is 32.0 Å². The van der Waals surface area contributed by atoms with E-state index >= 15 is 0 Å². The van der Waals surface area contributed by atoms with Crippen molar-refractivity contribution in [2.45, 2.75) is 29.3 Å². The molecule has 8 nitrogen and oxygen atoms in total. The van der Waals surface area contributed by atoms with Gasteiger partial charge >= 0.3 is 0 Å². The van der Waals surface area contributed by atoms with E-state index in [-0.39, 0.29) is 23.6 Å². The molecule has 0 fully saturated rings. The number of amides is 1. The number of aromatic nitrogens is 3. The van der Waals surface area contributed by atoms with Crippen LogP contribution in [0.25, 0.3) is 0 Å². The Morgan fingerprint density at radius 1 is 1.30 bits per heavy atom. The molecule has 0 radical (unpaired) electrons. The van der Waals surface area contributed by atoms with Crippen molar-refractivity contribution in [3.8, 4) is 0 Å². The Bertz CT molecular complexity index is 1100. The van der Waals surface area contributed by atoms with Crippen LogP contribution in [0.15, 0.2) is 58.8 Å². The summed E-state index contributed by atoms with van der Waals surface area (Å²) in [6.07, 6.45) is 1.49. The molecule has 1 amide bonds. The lowest BCUT2D eigenvalue weighted by Gasteiger charge is -2.26. The van der Waals surface area contributed by atoms with Crippen LogP contribution in [0, 0.1) is 15.9 Å². The summed E-state index contributed by atoms with van der Waals surface area (Å²) in [7, 11) is 1.73. The highest BCUT2D eigenvalue weighted by Crippen LogP contribution is 2.34. The van der Waals surface area contributed by atoms with Gasteiger partial charge in [0.15, 0.2) is 5.16 Å². The number of benzene rings is 2. The number of nitro groups is 1. The number of hydrogen-bond donors (Lipinski definition) is 1. The van der Waals surface area contributed by atoms with E-state index in [1.807, 2.05) is 13.8 Å². The number of nitrogens with zero attached hydrogens (tertiary/aromatic N) is 4. The molecule has 1 aromatic heterocycles. The molecule has 0 saturated carbocycles. The topological polar surface area (TPSA) is 103 Å². The van der Waals surface area contributed by atoms with Gasteiger partial charge in [-0.15, -0.1) is 10.2 Å². The van der Waals surface area contributed by atoms with Gasteiger partial charge < -0.3 is 9.88 Å².